The van der Waals surface area contributed by atoms with E-state index in [0.29, 0.717) is 0 Å². The molecule has 1 fully saturated rings. The molecule has 1 amide bonds. The number of nitrogens with zero attached hydrogens (tertiary/aromatic N) is 1. The summed E-state index contributed by atoms with van der Waals surface area (Å²) in [7, 11) is 0. The van der Waals surface area contributed by atoms with Crippen LogP contribution >= 0.6 is 0 Å². The SMILES string of the molecule is NC1=NC(c2cc(NC(=O)C3CC3(F)F)ccc2F)C(F)(F)CO1. The van der Waals surface area contributed by atoms with Crippen LogP contribution in [0.5, 0.6) is 0 Å². The van der Waals surface area contributed by atoms with Crippen molar-refractivity contribution in [3.63, 3.8) is 0 Å². The molecule has 1 saturated carbocycles. The molecule has 10 heteroatoms. The Kier molecular flexibility index (Phi) is 3.65. The predicted octanol–water partition coefficient (Wildman–Crippen LogP) is 2.44. The number of anilines is 1. The number of carbonyl (C=O) groups excluding carboxylic acids is 1. The Labute approximate surface area is 132 Å². The number of amides is 1. The summed E-state index contributed by atoms with van der Waals surface area (Å²) in [5.41, 5.74) is 4.64. The van der Waals surface area contributed by atoms with Gasteiger partial charge in [-0.05, 0) is 18.2 Å². The van der Waals surface area contributed by atoms with Gasteiger partial charge in [0.05, 0.1) is 0 Å². The quantitative estimate of drug-likeness (QED) is 0.823. The average molecular weight is 349 g/mol. The molecule has 1 aliphatic carbocycles. The Morgan fingerprint density at radius 2 is 1.96 bits per heavy atom. The van der Waals surface area contributed by atoms with Crippen molar-refractivity contribution in [3.05, 3.63) is 29.6 Å². The maximum absolute atomic E-state index is 13.9. The van der Waals surface area contributed by atoms with Crippen LogP contribution in [0.3, 0.4) is 0 Å². The third kappa shape index (κ3) is 3.00. The van der Waals surface area contributed by atoms with Crippen molar-refractivity contribution in [1.29, 1.82) is 0 Å². The van der Waals surface area contributed by atoms with E-state index >= 15 is 0 Å². The van der Waals surface area contributed by atoms with E-state index in [1.54, 1.807) is 0 Å². The summed E-state index contributed by atoms with van der Waals surface area (Å²) in [4.78, 5) is 15.0. The number of hydrogen-bond donors (Lipinski definition) is 2. The van der Waals surface area contributed by atoms with E-state index in [2.05, 4.69) is 15.0 Å². The minimum Gasteiger partial charge on any atom is -0.459 e. The molecule has 2 aliphatic rings. The second-order valence-corrected chi connectivity index (χ2v) is 5.66. The molecular formula is C14H12F5N3O2. The highest BCUT2D eigenvalue weighted by molar-refractivity contribution is 5.95. The van der Waals surface area contributed by atoms with Crippen molar-refractivity contribution < 1.29 is 31.5 Å². The van der Waals surface area contributed by atoms with Crippen LogP contribution in [-0.4, -0.2) is 30.4 Å². The molecular weight excluding hydrogens is 337 g/mol. The lowest BCUT2D eigenvalue weighted by Crippen LogP contribution is -2.40. The van der Waals surface area contributed by atoms with Crippen LogP contribution in [0.15, 0.2) is 23.2 Å². The molecule has 24 heavy (non-hydrogen) atoms. The maximum atomic E-state index is 13.9. The van der Waals surface area contributed by atoms with Gasteiger partial charge in [-0.2, -0.15) is 0 Å². The van der Waals surface area contributed by atoms with Crippen LogP contribution in [0.2, 0.25) is 0 Å². The Hall–Kier alpha value is -2.39. The number of nitrogens with one attached hydrogen (secondary N) is 1. The van der Waals surface area contributed by atoms with Crippen molar-refractivity contribution in [3.8, 4) is 0 Å². The normalized spacial score (nSPS) is 27.0. The van der Waals surface area contributed by atoms with E-state index < -0.39 is 60.1 Å². The Balaban J connectivity index is 1.87. The minimum absolute atomic E-state index is 0.0878. The van der Waals surface area contributed by atoms with Crippen molar-refractivity contribution in [2.24, 2.45) is 16.6 Å². The van der Waals surface area contributed by atoms with Gasteiger partial charge in [0.15, 0.2) is 12.6 Å². The van der Waals surface area contributed by atoms with Crippen LogP contribution in [0.4, 0.5) is 27.6 Å². The summed E-state index contributed by atoms with van der Waals surface area (Å²) in [5, 5.41) is 2.16. The molecule has 0 spiro atoms. The summed E-state index contributed by atoms with van der Waals surface area (Å²) in [6.07, 6.45) is -0.578. The summed E-state index contributed by atoms with van der Waals surface area (Å²) < 4.78 is 71.9. The zero-order valence-electron chi connectivity index (χ0n) is 12.0. The number of ether oxygens (including phenoxy) is 1. The fourth-order valence-electron chi connectivity index (χ4n) is 2.36. The number of aliphatic imine (C=N–C) groups is 1. The van der Waals surface area contributed by atoms with Crippen molar-refractivity contribution in [1.82, 2.24) is 0 Å². The van der Waals surface area contributed by atoms with Crippen molar-refractivity contribution >= 4 is 17.6 Å². The van der Waals surface area contributed by atoms with Gasteiger partial charge in [-0.25, -0.2) is 26.9 Å². The van der Waals surface area contributed by atoms with Crippen LogP contribution in [0.1, 0.15) is 18.0 Å². The lowest BCUT2D eigenvalue weighted by atomic mass is 9.99. The average Bonchev–Trinajstić information content (AvgIpc) is 3.13. The molecule has 1 heterocycles. The number of amidine groups is 1. The molecule has 0 saturated heterocycles. The second kappa shape index (κ2) is 5.32. The van der Waals surface area contributed by atoms with Gasteiger partial charge in [-0.15, -0.1) is 0 Å². The van der Waals surface area contributed by atoms with E-state index in [1.807, 2.05) is 0 Å². The van der Waals surface area contributed by atoms with Crippen LogP contribution in [0, 0.1) is 11.7 Å². The molecule has 0 aromatic heterocycles. The molecule has 0 radical (unpaired) electrons. The number of alkyl halides is 4. The topological polar surface area (TPSA) is 76.7 Å². The number of carbonyl (C=O) groups is 1. The van der Waals surface area contributed by atoms with Crippen LogP contribution < -0.4 is 11.1 Å². The first-order chi connectivity index (χ1) is 11.1. The molecule has 5 nitrogen and oxygen atoms in total. The monoisotopic (exact) mass is 349 g/mol. The zero-order valence-corrected chi connectivity index (χ0v) is 12.0. The van der Waals surface area contributed by atoms with E-state index in [0.717, 1.165) is 18.2 Å². The number of benzene rings is 1. The Morgan fingerprint density at radius 1 is 1.29 bits per heavy atom. The fraction of sp³-hybridized carbons (Fsp3) is 0.429. The third-order valence-electron chi connectivity index (χ3n) is 3.77. The molecule has 2 atom stereocenters. The summed E-state index contributed by atoms with van der Waals surface area (Å²) in [5.74, 6) is -10.0. The molecule has 1 aromatic rings. The number of nitrogens with two attached hydrogens (primary N) is 1. The van der Waals surface area contributed by atoms with Gasteiger partial charge in [0.25, 0.3) is 11.9 Å². The van der Waals surface area contributed by atoms with Gasteiger partial charge in [-0.3, -0.25) is 4.79 Å². The molecule has 3 N–H and O–H groups in total. The van der Waals surface area contributed by atoms with E-state index in [1.165, 1.54) is 0 Å². The van der Waals surface area contributed by atoms with Crippen LogP contribution in [-0.2, 0) is 9.53 Å². The smallest absolute Gasteiger partial charge is 0.307 e. The van der Waals surface area contributed by atoms with Gasteiger partial charge in [0.1, 0.15) is 11.7 Å². The third-order valence-corrected chi connectivity index (χ3v) is 3.77. The first kappa shape index (κ1) is 16.5. The molecule has 130 valence electrons. The highest BCUT2D eigenvalue weighted by atomic mass is 19.3. The van der Waals surface area contributed by atoms with E-state index in [9.17, 15) is 26.7 Å². The van der Waals surface area contributed by atoms with Gasteiger partial charge in [0, 0.05) is 17.7 Å². The summed E-state index contributed by atoms with van der Waals surface area (Å²) in [6.45, 7) is -1.07. The van der Waals surface area contributed by atoms with Crippen molar-refractivity contribution in [2.45, 2.75) is 24.3 Å². The molecule has 1 aromatic carbocycles. The Morgan fingerprint density at radius 3 is 2.58 bits per heavy atom. The lowest BCUT2D eigenvalue weighted by Gasteiger charge is -2.28. The summed E-state index contributed by atoms with van der Waals surface area (Å²) >= 11 is 0. The minimum atomic E-state index is -3.52. The zero-order chi connectivity index (χ0) is 17.7. The predicted molar refractivity (Wildman–Crippen MR) is 73.3 cm³/mol. The summed E-state index contributed by atoms with van der Waals surface area (Å²) in [6, 6.07) is 0.395. The maximum Gasteiger partial charge on any atom is 0.307 e. The van der Waals surface area contributed by atoms with Gasteiger partial charge < -0.3 is 15.8 Å². The van der Waals surface area contributed by atoms with Crippen molar-refractivity contribution in [2.75, 3.05) is 11.9 Å². The molecule has 3 rings (SSSR count). The number of hydrogen-bond acceptors (Lipinski definition) is 4. The standard InChI is InChI=1S/C14H12F5N3O2/c15-9-2-1-6(21-11(23)8-4-13(8,16)17)3-7(9)10-14(18,19)5-24-12(20)22-10/h1-3,8,10H,4-5H2,(H2,20,22)(H,21,23). The van der Waals surface area contributed by atoms with E-state index in [-0.39, 0.29) is 5.69 Å². The largest absolute Gasteiger partial charge is 0.459 e. The Bertz CT molecular complexity index is 722. The van der Waals surface area contributed by atoms with Crippen LogP contribution in [0.25, 0.3) is 0 Å². The lowest BCUT2D eigenvalue weighted by molar-refractivity contribution is -0.119. The number of rotatable bonds is 3. The first-order valence-electron chi connectivity index (χ1n) is 6.92. The first-order valence-corrected chi connectivity index (χ1v) is 6.92. The molecule has 1 aliphatic heterocycles. The molecule has 2 unspecified atom stereocenters. The fourth-order valence-corrected chi connectivity index (χ4v) is 2.36. The highest BCUT2D eigenvalue weighted by Gasteiger charge is 2.61. The molecule has 0 bridgehead atoms. The van der Waals surface area contributed by atoms with E-state index in [4.69, 9.17) is 5.73 Å². The van der Waals surface area contributed by atoms with Gasteiger partial charge in [0.2, 0.25) is 5.91 Å². The second-order valence-electron chi connectivity index (χ2n) is 5.66. The van der Waals surface area contributed by atoms with Gasteiger partial charge in [-0.1, -0.05) is 0 Å². The van der Waals surface area contributed by atoms with Gasteiger partial charge >= 0.3 is 5.92 Å². The highest BCUT2D eigenvalue weighted by Crippen LogP contribution is 2.49. The number of halogens is 5.